The lowest BCUT2D eigenvalue weighted by Crippen LogP contribution is -2.43. The lowest BCUT2D eigenvalue weighted by atomic mass is 9.95. The number of hydrogen-bond acceptors (Lipinski definition) is 4. The van der Waals surface area contributed by atoms with Crippen molar-refractivity contribution in [3.8, 4) is 0 Å². The molecule has 3 amide bonds. The first-order chi connectivity index (χ1) is 14.0. The molecule has 2 N–H and O–H groups in total. The number of benzene rings is 1. The van der Waals surface area contributed by atoms with Crippen LogP contribution in [0.3, 0.4) is 0 Å². The van der Waals surface area contributed by atoms with E-state index in [4.69, 9.17) is 4.42 Å². The molecule has 2 aromatic rings. The third-order valence-corrected chi connectivity index (χ3v) is 5.10. The normalized spacial score (nSPS) is 14.7. The van der Waals surface area contributed by atoms with Gasteiger partial charge in [-0.05, 0) is 37.1 Å². The van der Waals surface area contributed by atoms with Crippen LogP contribution in [0.4, 0.5) is 5.69 Å². The number of anilines is 1. The molecule has 1 fully saturated rings. The number of likely N-dealkylation sites (tertiary alicyclic amines) is 1. The molecule has 0 spiro atoms. The van der Waals surface area contributed by atoms with Crippen molar-refractivity contribution in [2.45, 2.75) is 33.2 Å². The highest BCUT2D eigenvalue weighted by Gasteiger charge is 2.28. The van der Waals surface area contributed by atoms with Crippen LogP contribution < -0.4 is 10.6 Å². The highest BCUT2D eigenvalue weighted by molar-refractivity contribution is 6.04. The lowest BCUT2D eigenvalue weighted by Gasteiger charge is -2.32. The Labute approximate surface area is 170 Å². The summed E-state index contributed by atoms with van der Waals surface area (Å²) in [5.41, 5.74) is 0.884. The monoisotopic (exact) mass is 397 g/mol. The minimum Gasteiger partial charge on any atom is -0.467 e. The van der Waals surface area contributed by atoms with Crippen molar-refractivity contribution < 1.29 is 18.8 Å². The summed E-state index contributed by atoms with van der Waals surface area (Å²) in [6.07, 6.45) is 2.80. The summed E-state index contributed by atoms with van der Waals surface area (Å²) in [6, 6.07) is 10.5. The molecule has 1 aromatic heterocycles. The minimum absolute atomic E-state index is 0.0352. The van der Waals surface area contributed by atoms with Gasteiger partial charge in [0.25, 0.3) is 5.91 Å². The van der Waals surface area contributed by atoms with Gasteiger partial charge >= 0.3 is 0 Å². The van der Waals surface area contributed by atoms with Gasteiger partial charge in [0.05, 0.1) is 24.1 Å². The molecule has 1 aliphatic heterocycles. The van der Waals surface area contributed by atoms with Gasteiger partial charge in [0.2, 0.25) is 11.8 Å². The van der Waals surface area contributed by atoms with Crippen LogP contribution in [0, 0.1) is 11.8 Å². The second-order valence-electron chi connectivity index (χ2n) is 7.55. The fourth-order valence-corrected chi connectivity index (χ4v) is 3.43. The van der Waals surface area contributed by atoms with Crippen LogP contribution >= 0.6 is 0 Å². The van der Waals surface area contributed by atoms with Crippen LogP contribution in [0.5, 0.6) is 0 Å². The number of hydrogen-bond donors (Lipinski definition) is 2. The van der Waals surface area contributed by atoms with Crippen molar-refractivity contribution >= 4 is 23.4 Å². The zero-order valence-corrected chi connectivity index (χ0v) is 16.8. The van der Waals surface area contributed by atoms with E-state index >= 15 is 0 Å². The summed E-state index contributed by atoms with van der Waals surface area (Å²) in [6.45, 7) is 5.21. The van der Waals surface area contributed by atoms with Crippen molar-refractivity contribution in [1.29, 1.82) is 0 Å². The molecule has 0 unspecified atom stereocenters. The van der Waals surface area contributed by atoms with Crippen LogP contribution in [0.1, 0.15) is 42.8 Å². The van der Waals surface area contributed by atoms with Gasteiger partial charge in [-0.2, -0.15) is 0 Å². The molecule has 154 valence electrons. The van der Waals surface area contributed by atoms with Gasteiger partial charge in [-0.1, -0.05) is 26.0 Å². The number of rotatable bonds is 6. The van der Waals surface area contributed by atoms with Crippen LogP contribution in [0.2, 0.25) is 0 Å². The predicted molar refractivity (Wildman–Crippen MR) is 109 cm³/mol. The predicted octanol–water partition coefficient (Wildman–Crippen LogP) is 3.04. The molecule has 7 heteroatoms. The third-order valence-electron chi connectivity index (χ3n) is 5.10. The maximum Gasteiger partial charge on any atom is 0.253 e. The Morgan fingerprint density at radius 3 is 2.48 bits per heavy atom. The fourth-order valence-electron chi connectivity index (χ4n) is 3.43. The van der Waals surface area contributed by atoms with Gasteiger partial charge in [-0.25, -0.2) is 0 Å². The molecule has 7 nitrogen and oxygen atoms in total. The maximum atomic E-state index is 12.7. The van der Waals surface area contributed by atoms with Crippen molar-refractivity contribution in [1.82, 2.24) is 10.2 Å². The maximum absolute atomic E-state index is 12.7. The standard InChI is InChI=1S/C22H27N3O4/c1-15(2)22(28)25-11-9-16(10-12-25)20(26)24-19-8-4-3-7-18(19)21(27)23-14-17-6-5-13-29-17/h3-8,13,15-16H,9-12,14H2,1-2H3,(H,23,27)(H,24,26). The number of amides is 3. The highest BCUT2D eigenvalue weighted by Crippen LogP contribution is 2.22. The van der Waals surface area contributed by atoms with Crippen LogP contribution in [-0.4, -0.2) is 35.7 Å². The SMILES string of the molecule is CC(C)C(=O)N1CCC(C(=O)Nc2ccccc2C(=O)NCc2ccco2)CC1. The van der Waals surface area contributed by atoms with E-state index in [2.05, 4.69) is 10.6 Å². The Hall–Kier alpha value is -3.09. The Balaban J connectivity index is 1.58. The number of piperidine rings is 1. The first kappa shape index (κ1) is 20.6. The zero-order valence-electron chi connectivity index (χ0n) is 16.8. The molecule has 0 bridgehead atoms. The van der Waals surface area contributed by atoms with E-state index < -0.39 is 0 Å². The molecule has 3 rings (SSSR count). The fraction of sp³-hybridized carbons (Fsp3) is 0.409. The second kappa shape index (κ2) is 9.41. The molecule has 2 heterocycles. The van der Waals surface area contributed by atoms with Gasteiger partial charge < -0.3 is 20.0 Å². The third kappa shape index (κ3) is 5.25. The smallest absolute Gasteiger partial charge is 0.253 e. The summed E-state index contributed by atoms with van der Waals surface area (Å²) in [4.78, 5) is 39.2. The molecule has 1 saturated heterocycles. The van der Waals surface area contributed by atoms with Crippen LogP contribution in [0.25, 0.3) is 0 Å². The van der Waals surface area contributed by atoms with Crippen molar-refractivity contribution in [3.63, 3.8) is 0 Å². The summed E-state index contributed by atoms with van der Waals surface area (Å²) in [5, 5.41) is 5.69. The Morgan fingerprint density at radius 2 is 1.83 bits per heavy atom. The van der Waals surface area contributed by atoms with Gasteiger partial charge in [-0.3, -0.25) is 14.4 Å². The average Bonchev–Trinajstić information content (AvgIpc) is 3.25. The van der Waals surface area contributed by atoms with Crippen molar-refractivity contribution in [2.75, 3.05) is 18.4 Å². The molecule has 0 saturated carbocycles. The molecule has 0 aliphatic carbocycles. The van der Waals surface area contributed by atoms with E-state index in [-0.39, 0.29) is 36.1 Å². The number of para-hydroxylation sites is 1. The molecule has 1 aromatic carbocycles. The Kier molecular flexibility index (Phi) is 6.69. The first-order valence-corrected chi connectivity index (χ1v) is 9.95. The minimum atomic E-state index is -0.283. The van der Waals surface area contributed by atoms with Crippen molar-refractivity contribution in [2.24, 2.45) is 11.8 Å². The van der Waals surface area contributed by atoms with Gasteiger partial charge in [-0.15, -0.1) is 0 Å². The van der Waals surface area contributed by atoms with E-state index in [1.165, 1.54) is 0 Å². The Bertz CT molecular complexity index is 853. The number of nitrogens with zero attached hydrogens (tertiary/aromatic N) is 1. The number of carbonyl (C=O) groups excluding carboxylic acids is 3. The molecule has 0 radical (unpaired) electrons. The molecular weight excluding hydrogens is 370 g/mol. The first-order valence-electron chi connectivity index (χ1n) is 9.95. The van der Waals surface area contributed by atoms with Gasteiger partial charge in [0.1, 0.15) is 5.76 Å². The quantitative estimate of drug-likeness (QED) is 0.784. The van der Waals surface area contributed by atoms with Crippen LogP contribution in [-0.2, 0) is 16.1 Å². The topological polar surface area (TPSA) is 91.7 Å². The van der Waals surface area contributed by atoms with Gasteiger partial charge in [0, 0.05) is 24.9 Å². The highest BCUT2D eigenvalue weighted by atomic mass is 16.3. The summed E-state index contributed by atoms with van der Waals surface area (Å²) >= 11 is 0. The van der Waals surface area contributed by atoms with E-state index in [1.54, 1.807) is 42.7 Å². The molecule has 1 aliphatic rings. The number of nitrogens with one attached hydrogen (secondary N) is 2. The zero-order chi connectivity index (χ0) is 20.8. The number of carbonyl (C=O) groups is 3. The van der Waals surface area contributed by atoms with E-state index in [9.17, 15) is 14.4 Å². The van der Waals surface area contributed by atoms with Gasteiger partial charge in [0.15, 0.2) is 0 Å². The molecule has 29 heavy (non-hydrogen) atoms. The number of furan rings is 1. The molecule has 0 atom stereocenters. The summed E-state index contributed by atoms with van der Waals surface area (Å²) in [7, 11) is 0. The lowest BCUT2D eigenvalue weighted by molar-refractivity contribution is -0.137. The largest absolute Gasteiger partial charge is 0.467 e. The Morgan fingerprint density at radius 1 is 1.10 bits per heavy atom. The van der Waals surface area contributed by atoms with Crippen molar-refractivity contribution in [3.05, 3.63) is 54.0 Å². The summed E-state index contributed by atoms with van der Waals surface area (Å²) < 4.78 is 5.22. The average molecular weight is 397 g/mol. The van der Waals surface area contributed by atoms with E-state index in [1.807, 2.05) is 18.7 Å². The van der Waals surface area contributed by atoms with E-state index in [0.717, 1.165) is 0 Å². The summed E-state index contributed by atoms with van der Waals surface area (Å²) in [5.74, 6) is 0.171. The molecular formula is C22H27N3O4. The van der Waals surface area contributed by atoms with Crippen LogP contribution in [0.15, 0.2) is 47.1 Å². The van der Waals surface area contributed by atoms with E-state index in [0.29, 0.717) is 42.9 Å². The second-order valence-corrected chi connectivity index (χ2v) is 7.55.